The number of nitrogens with zero attached hydrogens (tertiary/aromatic N) is 3. The zero-order valence-corrected chi connectivity index (χ0v) is 16.5. The molecule has 1 amide bonds. The second-order valence-corrected chi connectivity index (χ2v) is 7.74. The molecule has 0 bridgehead atoms. The number of aromatic nitrogens is 2. The Hall–Kier alpha value is -2.57. The third-order valence-electron chi connectivity index (χ3n) is 5.56. The fourth-order valence-corrected chi connectivity index (χ4v) is 3.84. The van der Waals surface area contributed by atoms with Gasteiger partial charge >= 0.3 is 0 Å². The molecule has 0 spiro atoms. The van der Waals surface area contributed by atoms with Crippen LogP contribution in [-0.4, -0.2) is 48.3 Å². The number of benzene rings is 1. The topological polar surface area (TPSA) is 77.7 Å². The van der Waals surface area contributed by atoms with E-state index in [4.69, 9.17) is 14.0 Å². The lowest BCUT2D eigenvalue weighted by molar-refractivity contribution is -0.132. The van der Waals surface area contributed by atoms with Crippen molar-refractivity contribution in [1.82, 2.24) is 15.0 Å². The number of rotatable bonds is 7. The van der Waals surface area contributed by atoms with Crippen molar-refractivity contribution in [3.63, 3.8) is 0 Å². The van der Waals surface area contributed by atoms with Gasteiger partial charge in [-0.2, -0.15) is 4.98 Å². The van der Waals surface area contributed by atoms with Crippen LogP contribution in [0.4, 0.5) is 0 Å². The highest BCUT2D eigenvalue weighted by molar-refractivity contribution is 5.79. The molecule has 2 fully saturated rings. The molecule has 1 aromatic heterocycles. The number of ether oxygens (including phenoxy) is 2. The molecule has 7 heteroatoms. The number of amides is 1. The van der Waals surface area contributed by atoms with Crippen molar-refractivity contribution in [2.45, 2.75) is 44.4 Å². The number of piperidine rings is 1. The lowest BCUT2D eigenvalue weighted by atomic mass is 9.94. The van der Waals surface area contributed by atoms with E-state index in [0.29, 0.717) is 35.6 Å². The standard InChI is InChI=1S/C21H27N3O4/c1-26-17-8-5-14(10-18(17)27-2)12-20(25)24-9-3-4-15(13-24)11-19-22-21(23-28-19)16-6-7-16/h5,8,10,15-16H,3-4,6-7,9,11-13H2,1-2H3. The molecule has 1 unspecified atom stereocenters. The normalized spacial score (nSPS) is 19.5. The third kappa shape index (κ3) is 4.29. The SMILES string of the molecule is COc1ccc(CC(=O)N2CCCC(Cc3nc(C4CC4)no3)C2)cc1OC. The number of methoxy groups -OCH3 is 2. The predicted molar refractivity (Wildman–Crippen MR) is 103 cm³/mol. The van der Waals surface area contributed by atoms with E-state index in [1.165, 1.54) is 12.8 Å². The fourth-order valence-electron chi connectivity index (χ4n) is 3.84. The summed E-state index contributed by atoms with van der Waals surface area (Å²) in [5.41, 5.74) is 0.927. The molecular weight excluding hydrogens is 358 g/mol. The summed E-state index contributed by atoms with van der Waals surface area (Å²) >= 11 is 0. The first-order valence-corrected chi connectivity index (χ1v) is 9.97. The maximum absolute atomic E-state index is 12.8. The summed E-state index contributed by atoms with van der Waals surface area (Å²) in [5.74, 6) is 3.89. The molecule has 1 aromatic carbocycles. The van der Waals surface area contributed by atoms with Crippen molar-refractivity contribution in [2.75, 3.05) is 27.3 Å². The molecule has 2 aromatic rings. The van der Waals surface area contributed by atoms with Crippen LogP contribution in [0.1, 0.15) is 48.9 Å². The summed E-state index contributed by atoms with van der Waals surface area (Å²) in [7, 11) is 3.21. The Morgan fingerprint density at radius 1 is 1.21 bits per heavy atom. The smallest absolute Gasteiger partial charge is 0.227 e. The molecule has 1 saturated heterocycles. The van der Waals surface area contributed by atoms with Gasteiger partial charge in [0.05, 0.1) is 20.6 Å². The highest BCUT2D eigenvalue weighted by Crippen LogP contribution is 2.38. The summed E-state index contributed by atoms with van der Waals surface area (Å²) in [6, 6.07) is 5.63. The van der Waals surface area contributed by atoms with Gasteiger partial charge in [0, 0.05) is 25.4 Å². The Bertz CT molecular complexity index is 831. The third-order valence-corrected chi connectivity index (χ3v) is 5.56. The summed E-state index contributed by atoms with van der Waals surface area (Å²) in [4.78, 5) is 19.3. The van der Waals surface area contributed by atoms with Crippen molar-refractivity contribution in [2.24, 2.45) is 5.92 Å². The number of likely N-dealkylation sites (tertiary alicyclic amines) is 1. The van der Waals surface area contributed by atoms with Gasteiger partial charge in [0.2, 0.25) is 11.8 Å². The van der Waals surface area contributed by atoms with E-state index < -0.39 is 0 Å². The highest BCUT2D eigenvalue weighted by atomic mass is 16.5. The molecule has 1 saturated carbocycles. The molecule has 28 heavy (non-hydrogen) atoms. The summed E-state index contributed by atoms with van der Waals surface area (Å²) < 4.78 is 16.0. The minimum Gasteiger partial charge on any atom is -0.493 e. The number of carbonyl (C=O) groups is 1. The molecule has 2 heterocycles. The number of hydrogen-bond donors (Lipinski definition) is 0. The van der Waals surface area contributed by atoms with Crippen molar-refractivity contribution in [1.29, 1.82) is 0 Å². The number of carbonyl (C=O) groups excluding carboxylic acids is 1. The van der Waals surface area contributed by atoms with Crippen LogP contribution < -0.4 is 9.47 Å². The zero-order valence-electron chi connectivity index (χ0n) is 16.5. The van der Waals surface area contributed by atoms with Crippen molar-refractivity contribution in [3.8, 4) is 11.5 Å². The van der Waals surface area contributed by atoms with Crippen LogP contribution >= 0.6 is 0 Å². The monoisotopic (exact) mass is 385 g/mol. The predicted octanol–water partition coefficient (Wildman–Crippen LogP) is 2.99. The van der Waals surface area contributed by atoms with Crippen LogP contribution in [0, 0.1) is 5.92 Å². The molecule has 7 nitrogen and oxygen atoms in total. The molecule has 0 N–H and O–H groups in total. The van der Waals surface area contributed by atoms with E-state index >= 15 is 0 Å². The lowest BCUT2D eigenvalue weighted by Crippen LogP contribution is -2.41. The molecule has 1 aliphatic heterocycles. The molecule has 1 atom stereocenters. The van der Waals surface area contributed by atoms with E-state index in [2.05, 4.69) is 10.1 Å². The van der Waals surface area contributed by atoms with Gasteiger partial charge in [-0.25, -0.2) is 0 Å². The minimum absolute atomic E-state index is 0.140. The Morgan fingerprint density at radius 2 is 2.04 bits per heavy atom. The average molecular weight is 385 g/mol. The van der Waals surface area contributed by atoms with Crippen molar-refractivity contribution < 1.29 is 18.8 Å². The quantitative estimate of drug-likeness (QED) is 0.729. The van der Waals surface area contributed by atoms with Crippen LogP contribution in [0.3, 0.4) is 0 Å². The molecule has 1 aliphatic carbocycles. The van der Waals surface area contributed by atoms with Gasteiger partial charge < -0.3 is 18.9 Å². The van der Waals surface area contributed by atoms with E-state index in [-0.39, 0.29) is 5.91 Å². The average Bonchev–Trinajstić information content (AvgIpc) is 3.47. The van der Waals surface area contributed by atoms with Crippen LogP contribution in [-0.2, 0) is 17.6 Å². The first-order chi connectivity index (χ1) is 13.7. The second-order valence-electron chi connectivity index (χ2n) is 7.74. The second kappa shape index (κ2) is 8.20. The van der Waals surface area contributed by atoms with Gasteiger partial charge in [-0.1, -0.05) is 11.2 Å². The molecule has 4 rings (SSSR count). The number of hydrogen-bond acceptors (Lipinski definition) is 6. The molecule has 2 aliphatic rings. The maximum atomic E-state index is 12.8. The zero-order chi connectivity index (χ0) is 19.5. The summed E-state index contributed by atoms with van der Waals surface area (Å²) in [6.07, 6.45) is 5.54. The Morgan fingerprint density at radius 3 is 2.79 bits per heavy atom. The van der Waals surface area contributed by atoms with Crippen LogP contribution in [0.2, 0.25) is 0 Å². The van der Waals surface area contributed by atoms with Crippen molar-refractivity contribution >= 4 is 5.91 Å². The first kappa shape index (κ1) is 18.8. The molecule has 150 valence electrons. The van der Waals surface area contributed by atoms with Gasteiger partial charge in [-0.15, -0.1) is 0 Å². The van der Waals surface area contributed by atoms with Crippen LogP contribution in [0.25, 0.3) is 0 Å². The van der Waals surface area contributed by atoms with Crippen LogP contribution in [0.5, 0.6) is 11.5 Å². The summed E-state index contributed by atoms with van der Waals surface area (Å²) in [5, 5.41) is 4.10. The van der Waals surface area contributed by atoms with Crippen molar-refractivity contribution in [3.05, 3.63) is 35.5 Å². The minimum atomic E-state index is 0.140. The van der Waals surface area contributed by atoms with E-state index in [1.54, 1.807) is 14.2 Å². The maximum Gasteiger partial charge on any atom is 0.227 e. The largest absolute Gasteiger partial charge is 0.493 e. The van der Waals surface area contributed by atoms with E-state index in [9.17, 15) is 4.79 Å². The fraction of sp³-hybridized carbons (Fsp3) is 0.571. The highest BCUT2D eigenvalue weighted by Gasteiger charge is 2.30. The van der Waals surface area contributed by atoms with Gasteiger partial charge in [0.1, 0.15) is 0 Å². The Kier molecular flexibility index (Phi) is 5.50. The van der Waals surface area contributed by atoms with E-state index in [0.717, 1.165) is 43.7 Å². The lowest BCUT2D eigenvalue weighted by Gasteiger charge is -2.32. The van der Waals surface area contributed by atoms with Gasteiger partial charge in [0.15, 0.2) is 17.3 Å². The van der Waals surface area contributed by atoms with Gasteiger partial charge in [-0.3, -0.25) is 4.79 Å². The summed E-state index contributed by atoms with van der Waals surface area (Å²) in [6.45, 7) is 1.55. The van der Waals surface area contributed by atoms with Crippen LogP contribution in [0.15, 0.2) is 22.7 Å². The Balaban J connectivity index is 1.34. The van der Waals surface area contributed by atoms with Gasteiger partial charge in [0.25, 0.3) is 0 Å². The Labute approximate surface area is 165 Å². The molecular formula is C21H27N3O4. The first-order valence-electron chi connectivity index (χ1n) is 9.97. The molecule has 0 radical (unpaired) electrons. The van der Waals surface area contributed by atoms with E-state index in [1.807, 2.05) is 23.1 Å². The van der Waals surface area contributed by atoms with Gasteiger partial charge in [-0.05, 0) is 49.3 Å².